The van der Waals surface area contributed by atoms with Crippen LogP contribution in [-0.2, 0) is 4.74 Å². The largest absolute Gasteiger partial charge is 0.378 e. The Bertz CT molecular complexity index is 773. The van der Waals surface area contributed by atoms with Crippen molar-refractivity contribution < 1.29 is 9.13 Å². The van der Waals surface area contributed by atoms with Gasteiger partial charge >= 0.3 is 0 Å². The average molecular weight is 359 g/mol. The molecule has 0 aliphatic carbocycles. The van der Waals surface area contributed by atoms with E-state index >= 15 is 0 Å². The average Bonchev–Trinajstić information content (AvgIpc) is 2.67. The van der Waals surface area contributed by atoms with Gasteiger partial charge in [-0.05, 0) is 24.6 Å². The number of anilines is 3. The summed E-state index contributed by atoms with van der Waals surface area (Å²) in [5.41, 5.74) is 4.39. The van der Waals surface area contributed by atoms with Gasteiger partial charge in [0, 0.05) is 27.2 Å². The van der Waals surface area contributed by atoms with Crippen LogP contribution in [0.5, 0.6) is 0 Å². The van der Waals surface area contributed by atoms with E-state index in [0.29, 0.717) is 36.8 Å². The van der Waals surface area contributed by atoms with E-state index in [1.54, 1.807) is 12.1 Å². The molecule has 138 valence electrons. The van der Waals surface area contributed by atoms with Crippen molar-refractivity contribution in [1.82, 2.24) is 15.0 Å². The third-order valence-corrected chi connectivity index (χ3v) is 3.89. The van der Waals surface area contributed by atoms with Crippen molar-refractivity contribution in [2.45, 2.75) is 6.92 Å². The van der Waals surface area contributed by atoms with Crippen LogP contribution in [0.2, 0.25) is 0 Å². The molecule has 0 radical (unpaired) electrons. The van der Waals surface area contributed by atoms with Crippen LogP contribution in [0.1, 0.15) is 12.5 Å². The van der Waals surface area contributed by atoms with Crippen molar-refractivity contribution in [2.24, 2.45) is 5.10 Å². The second-order valence-corrected chi connectivity index (χ2v) is 6.07. The summed E-state index contributed by atoms with van der Waals surface area (Å²) in [7, 11) is 3.74. The Kier molecular flexibility index (Phi) is 5.57. The Morgan fingerprint density at radius 2 is 1.85 bits per heavy atom. The molecule has 1 aromatic heterocycles. The first-order chi connectivity index (χ1) is 12.5. The first kappa shape index (κ1) is 18.0. The molecule has 0 saturated carbocycles. The van der Waals surface area contributed by atoms with Gasteiger partial charge in [0.15, 0.2) is 0 Å². The van der Waals surface area contributed by atoms with E-state index in [1.165, 1.54) is 12.1 Å². The summed E-state index contributed by atoms with van der Waals surface area (Å²) in [4.78, 5) is 17.2. The molecular weight excluding hydrogens is 337 g/mol. The lowest BCUT2D eigenvalue weighted by atomic mass is 10.1. The van der Waals surface area contributed by atoms with Crippen molar-refractivity contribution in [3.63, 3.8) is 0 Å². The fourth-order valence-electron chi connectivity index (χ4n) is 2.40. The van der Waals surface area contributed by atoms with Gasteiger partial charge in [-0.25, -0.2) is 9.82 Å². The smallest absolute Gasteiger partial charge is 0.250 e. The number of nitrogens with one attached hydrogen (secondary N) is 1. The highest BCUT2D eigenvalue weighted by atomic mass is 19.1. The first-order valence-electron chi connectivity index (χ1n) is 8.35. The van der Waals surface area contributed by atoms with E-state index in [2.05, 4.69) is 30.4 Å². The molecule has 9 heteroatoms. The fraction of sp³-hybridized carbons (Fsp3) is 0.412. The minimum Gasteiger partial charge on any atom is -0.378 e. The normalized spacial score (nSPS) is 15.1. The standard InChI is InChI=1S/C17H22FN7O/c1-12(13-4-6-14(18)7-5-13)22-23-15-19-16(24(2)3)21-17(20-15)25-8-10-26-11-9-25/h4-7H,8-11H2,1-3H3,(H,19,20,21,23)/b22-12+. The molecule has 1 N–H and O–H groups in total. The molecule has 2 heterocycles. The molecule has 0 atom stereocenters. The van der Waals surface area contributed by atoms with E-state index in [-0.39, 0.29) is 5.82 Å². The number of hydrazone groups is 1. The zero-order chi connectivity index (χ0) is 18.5. The molecule has 0 unspecified atom stereocenters. The van der Waals surface area contributed by atoms with Crippen LogP contribution in [0, 0.1) is 5.82 Å². The lowest BCUT2D eigenvalue weighted by molar-refractivity contribution is 0.122. The predicted octanol–water partition coefficient (Wildman–Crippen LogP) is 1.75. The lowest BCUT2D eigenvalue weighted by Gasteiger charge is -2.27. The fourth-order valence-corrected chi connectivity index (χ4v) is 2.40. The number of aromatic nitrogens is 3. The molecule has 26 heavy (non-hydrogen) atoms. The second kappa shape index (κ2) is 8.05. The molecule has 1 aromatic carbocycles. The minimum atomic E-state index is -0.280. The highest BCUT2D eigenvalue weighted by Gasteiger charge is 2.17. The Labute approximate surface area is 151 Å². The Balaban J connectivity index is 1.82. The number of hydrogen-bond acceptors (Lipinski definition) is 8. The van der Waals surface area contributed by atoms with Gasteiger partial charge in [-0.3, -0.25) is 0 Å². The molecule has 1 fully saturated rings. The third kappa shape index (κ3) is 4.42. The van der Waals surface area contributed by atoms with Crippen LogP contribution in [-0.4, -0.2) is 61.1 Å². The molecule has 1 saturated heterocycles. The topological polar surface area (TPSA) is 78.8 Å². The van der Waals surface area contributed by atoms with E-state index in [9.17, 15) is 4.39 Å². The first-order valence-corrected chi connectivity index (χ1v) is 8.35. The van der Waals surface area contributed by atoms with Crippen LogP contribution >= 0.6 is 0 Å². The molecule has 0 spiro atoms. The molecule has 1 aliphatic heterocycles. The summed E-state index contributed by atoms with van der Waals surface area (Å²) >= 11 is 0. The van der Waals surface area contributed by atoms with Gasteiger partial charge < -0.3 is 14.5 Å². The maximum absolute atomic E-state index is 13.0. The van der Waals surface area contributed by atoms with Gasteiger partial charge in [-0.2, -0.15) is 20.1 Å². The molecule has 2 aromatic rings. The number of rotatable bonds is 5. The zero-order valence-corrected chi connectivity index (χ0v) is 15.1. The van der Waals surface area contributed by atoms with Crippen molar-refractivity contribution in [3.8, 4) is 0 Å². The van der Waals surface area contributed by atoms with Crippen molar-refractivity contribution in [1.29, 1.82) is 0 Å². The Morgan fingerprint density at radius 1 is 1.15 bits per heavy atom. The number of hydrogen-bond donors (Lipinski definition) is 1. The molecule has 0 amide bonds. The summed E-state index contributed by atoms with van der Waals surface area (Å²) in [6.07, 6.45) is 0. The van der Waals surface area contributed by atoms with Crippen LogP contribution in [0.3, 0.4) is 0 Å². The van der Waals surface area contributed by atoms with Crippen LogP contribution in [0.15, 0.2) is 29.4 Å². The van der Waals surface area contributed by atoms with Gasteiger partial charge in [-0.15, -0.1) is 0 Å². The van der Waals surface area contributed by atoms with Crippen LogP contribution in [0.4, 0.5) is 22.2 Å². The number of morpholine rings is 1. The van der Waals surface area contributed by atoms with Crippen LogP contribution < -0.4 is 15.2 Å². The monoisotopic (exact) mass is 359 g/mol. The molecular formula is C17H22FN7O. The maximum atomic E-state index is 13.0. The number of halogens is 1. The summed E-state index contributed by atoms with van der Waals surface area (Å²) in [6, 6.07) is 6.15. The lowest BCUT2D eigenvalue weighted by Crippen LogP contribution is -2.37. The van der Waals surface area contributed by atoms with E-state index in [0.717, 1.165) is 18.7 Å². The van der Waals surface area contributed by atoms with E-state index < -0.39 is 0 Å². The van der Waals surface area contributed by atoms with Crippen molar-refractivity contribution in [2.75, 3.05) is 55.6 Å². The quantitative estimate of drug-likeness (QED) is 0.643. The maximum Gasteiger partial charge on any atom is 0.250 e. The van der Waals surface area contributed by atoms with Gasteiger partial charge in [0.2, 0.25) is 17.8 Å². The van der Waals surface area contributed by atoms with Crippen molar-refractivity contribution in [3.05, 3.63) is 35.6 Å². The molecule has 1 aliphatic rings. The Hall–Kier alpha value is -2.81. The zero-order valence-electron chi connectivity index (χ0n) is 15.1. The van der Waals surface area contributed by atoms with E-state index in [4.69, 9.17) is 4.74 Å². The highest BCUT2D eigenvalue weighted by Crippen LogP contribution is 2.16. The SMILES string of the molecule is C/C(=N\Nc1nc(N(C)C)nc(N2CCOCC2)n1)c1ccc(F)cc1. The van der Waals surface area contributed by atoms with Gasteiger partial charge in [0.25, 0.3) is 0 Å². The Morgan fingerprint density at radius 3 is 2.50 bits per heavy atom. The summed E-state index contributed by atoms with van der Waals surface area (Å²) in [5.74, 6) is 1.20. The third-order valence-electron chi connectivity index (χ3n) is 3.89. The van der Waals surface area contributed by atoms with Gasteiger partial charge in [0.1, 0.15) is 5.82 Å². The highest BCUT2D eigenvalue weighted by molar-refractivity contribution is 5.98. The summed E-state index contributed by atoms with van der Waals surface area (Å²) in [6.45, 7) is 4.58. The molecule has 8 nitrogen and oxygen atoms in total. The summed E-state index contributed by atoms with van der Waals surface area (Å²) in [5, 5.41) is 4.31. The minimum absolute atomic E-state index is 0.280. The molecule has 3 rings (SSSR count). The second-order valence-electron chi connectivity index (χ2n) is 6.07. The van der Waals surface area contributed by atoms with Gasteiger partial charge in [0.05, 0.1) is 18.9 Å². The van der Waals surface area contributed by atoms with Crippen LogP contribution in [0.25, 0.3) is 0 Å². The molecule has 0 bridgehead atoms. The number of ether oxygens (including phenoxy) is 1. The van der Waals surface area contributed by atoms with E-state index in [1.807, 2.05) is 25.9 Å². The predicted molar refractivity (Wildman–Crippen MR) is 99.4 cm³/mol. The summed E-state index contributed by atoms with van der Waals surface area (Å²) < 4.78 is 18.4. The van der Waals surface area contributed by atoms with Gasteiger partial charge in [-0.1, -0.05) is 12.1 Å². The number of benzene rings is 1. The van der Waals surface area contributed by atoms with Crippen molar-refractivity contribution >= 4 is 23.6 Å². The number of nitrogens with zero attached hydrogens (tertiary/aromatic N) is 6.